The number of carbonyl (C=O) groups excluding carboxylic acids is 1. The van der Waals surface area contributed by atoms with Crippen LogP contribution in [0.5, 0.6) is 11.5 Å². The summed E-state index contributed by atoms with van der Waals surface area (Å²) in [5.74, 6) is -0.468. The summed E-state index contributed by atoms with van der Waals surface area (Å²) in [5.41, 5.74) is 2.50. The average molecular weight is 489 g/mol. The van der Waals surface area contributed by atoms with Crippen LogP contribution in [0.1, 0.15) is 18.1 Å². The number of thioether (sulfide) groups is 1. The molecule has 0 unspecified atom stereocenters. The lowest BCUT2D eigenvalue weighted by Crippen LogP contribution is -2.28. The predicted octanol–water partition coefficient (Wildman–Crippen LogP) is 5.35. The van der Waals surface area contributed by atoms with Crippen LogP contribution in [0.3, 0.4) is 0 Å². The third kappa shape index (κ3) is 6.30. The van der Waals surface area contributed by atoms with Crippen molar-refractivity contribution < 1.29 is 24.2 Å². The Hall–Kier alpha value is -4.04. The predicted molar refractivity (Wildman–Crippen MR) is 137 cm³/mol. The van der Waals surface area contributed by atoms with Gasteiger partial charge in [-0.25, -0.2) is 9.79 Å². The maximum atomic E-state index is 13.4. The molecule has 0 bridgehead atoms. The number of hydrogen-bond donors (Lipinski definition) is 1. The van der Waals surface area contributed by atoms with Crippen molar-refractivity contribution in [3.8, 4) is 11.5 Å². The van der Waals surface area contributed by atoms with Crippen LogP contribution in [0.15, 0.2) is 88.8 Å². The van der Waals surface area contributed by atoms with Gasteiger partial charge in [0.2, 0.25) is 0 Å². The number of aliphatic carboxylic acids is 1. The molecular formula is C27H24N2O5S. The van der Waals surface area contributed by atoms with E-state index in [1.807, 2.05) is 67.6 Å². The van der Waals surface area contributed by atoms with E-state index < -0.39 is 12.6 Å². The Morgan fingerprint density at radius 2 is 1.71 bits per heavy atom. The van der Waals surface area contributed by atoms with Crippen molar-refractivity contribution in [3.63, 3.8) is 0 Å². The van der Waals surface area contributed by atoms with Gasteiger partial charge < -0.3 is 14.6 Å². The fourth-order valence-corrected chi connectivity index (χ4v) is 4.40. The molecule has 7 nitrogen and oxygen atoms in total. The van der Waals surface area contributed by atoms with Crippen molar-refractivity contribution in [2.24, 2.45) is 4.99 Å². The Kier molecular flexibility index (Phi) is 7.84. The van der Waals surface area contributed by atoms with Crippen molar-refractivity contribution in [3.05, 3.63) is 94.9 Å². The Bertz CT molecular complexity index is 1260. The van der Waals surface area contributed by atoms with E-state index >= 15 is 0 Å². The summed E-state index contributed by atoms with van der Waals surface area (Å²) in [6.45, 7) is 2.15. The van der Waals surface area contributed by atoms with Crippen LogP contribution in [-0.4, -0.2) is 40.3 Å². The zero-order valence-electron chi connectivity index (χ0n) is 19.1. The summed E-state index contributed by atoms with van der Waals surface area (Å²) in [4.78, 5) is 31.2. The smallest absolute Gasteiger partial charge is 0.341 e. The minimum absolute atomic E-state index is 0.141. The lowest BCUT2D eigenvalue weighted by atomic mass is 10.1. The quantitative estimate of drug-likeness (QED) is 0.408. The van der Waals surface area contributed by atoms with Crippen LogP contribution >= 0.6 is 11.8 Å². The third-order valence-corrected chi connectivity index (χ3v) is 5.98. The van der Waals surface area contributed by atoms with Crippen molar-refractivity contribution in [1.82, 2.24) is 4.90 Å². The first-order chi connectivity index (χ1) is 17.0. The van der Waals surface area contributed by atoms with Gasteiger partial charge in [0.05, 0.1) is 23.7 Å². The van der Waals surface area contributed by atoms with Crippen molar-refractivity contribution in [2.75, 3.05) is 13.2 Å². The molecule has 8 heteroatoms. The topological polar surface area (TPSA) is 88.4 Å². The van der Waals surface area contributed by atoms with E-state index in [9.17, 15) is 9.59 Å². The number of amides is 1. The third-order valence-electron chi connectivity index (χ3n) is 4.97. The minimum atomic E-state index is -1.07. The molecule has 0 radical (unpaired) electrons. The zero-order valence-corrected chi connectivity index (χ0v) is 19.9. The summed E-state index contributed by atoms with van der Waals surface area (Å²) in [6, 6.07) is 24.4. The molecule has 1 amide bonds. The molecule has 35 heavy (non-hydrogen) atoms. The monoisotopic (exact) mass is 488 g/mol. The van der Waals surface area contributed by atoms with E-state index in [2.05, 4.69) is 0 Å². The first-order valence-corrected chi connectivity index (χ1v) is 11.9. The molecule has 0 saturated carbocycles. The van der Waals surface area contributed by atoms with E-state index in [-0.39, 0.29) is 5.91 Å². The lowest BCUT2D eigenvalue weighted by Gasteiger charge is -2.15. The largest absolute Gasteiger partial charge is 0.490 e. The first-order valence-electron chi connectivity index (χ1n) is 11.0. The number of carbonyl (C=O) groups is 2. The first kappa shape index (κ1) is 24.1. The van der Waals surface area contributed by atoms with Crippen LogP contribution in [0.25, 0.3) is 6.08 Å². The maximum absolute atomic E-state index is 13.4. The summed E-state index contributed by atoms with van der Waals surface area (Å²) in [7, 11) is 0. The number of aliphatic imine (C=N–C) groups is 1. The van der Waals surface area contributed by atoms with Gasteiger partial charge in [0, 0.05) is 0 Å². The fraction of sp³-hybridized carbons (Fsp3) is 0.148. The van der Waals surface area contributed by atoms with Gasteiger partial charge in [-0.15, -0.1) is 0 Å². The zero-order chi connectivity index (χ0) is 24.6. The summed E-state index contributed by atoms with van der Waals surface area (Å²) in [6.07, 6.45) is 1.78. The van der Waals surface area contributed by atoms with Crippen LogP contribution in [0.2, 0.25) is 0 Å². The molecule has 1 saturated heterocycles. The van der Waals surface area contributed by atoms with Crippen LogP contribution < -0.4 is 9.47 Å². The van der Waals surface area contributed by atoms with E-state index in [1.54, 1.807) is 29.2 Å². The van der Waals surface area contributed by atoms with Gasteiger partial charge in [-0.1, -0.05) is 54.6 Å². The molecule has 1 N–H and O–H groups in total. The van der Waals surface area contributed by atoms with E-state index in [0.717, 1.165) is 16.8 Å². The minimum Gasteiger partial charge on any atom is -0.490 e. The van der Waals surface area contributed by atoms with Gasteiger partial charge in [0.15, 0.2) is 23.3 Å². The van der Waals surface area contributed by atoms with Crippen molar-refractivity contribution in [1.29, 1.82) is 0 Å². The molecule has 0 aromatic heterocycles. The number of hydrogen-bond acceptors (Lipinski definition) is 6. The highest BCUT2D eigenvalue weighted by Gasteiger charge is 2.33. The Morgan fingerprint density at radius 3 is 2.40 bits per heavy atom. The number of carboxylic acids is 1. The Labute approximate surface area is 207 Å². The Balaban J connectivity index is 1.65. The second-order valence-electron chi connectivity index (χ2n) is 7.54. The second kappa shape index (κ2) is 11.4. The lowest BCUT2D eigenvalue weighted by molar-refractivity contribution is -0.139. The van der Waals surface area contributed by atoms with Crippen molar-refractivity contribution in [2.45, 2.75) is 13.5 Å². The number of carboxylic acid groups (broad SMARTS) is 1. The Morgan fingerprint density at radius 1 is 1.00 bits per heavy atom. The maximum Gasteiger partial charge on any atom is 0.341 e. The highest BCUT2D eigenvalue weighted by atomic mass is 32.2. The SMILES string of the molecule is CCOc1cc(/C=C2/SC(=Nc3ccccc3)N(Cc3ccccc3)C2=O)ccc1OCC(=O)O. The molecule has 4 rings (SSSR count). The van der Waals surface area contributed by atoms with Gasteiger partial charge in [0.1, 0.15) is 0 Å². The van der Waals surface area contributed by atoms with E-state index in [1.165, 1.54) is 11.8 Å². The van der Waals surface area contributed by atoms with Gasteiger partial charge >= 0.3 is 5.97 Å². The number of ether oxygens (including phenoxy) is 2. The molecule has 1 fully saturated rings. The number of amidine groups is 1. The van der Waals surface area contributed by atoms with Gasteiger partial charge in [-0.2, -0.15) is 0 Å². The molecule has 0 spiro atoms. The van der Waals surface area contributed by atoms with Gasteiger partial charge in [-0.3, -0.25) is 9.69 Å². The van der Waals surface area contributed by atoms with E-state index in [0.29, 0.717) is 34.7 Å². The summed E-state index contributed by atoms with van der Waals surface area (Å²) >= 11 is 1.31. The second-order valence-corrected chi connectivity index (χ2v) is 8.55. The average Bonchev–Trinajstić information content (AvgIpc) is 3.13. The standard InChI is InChI=1S/C27H24N2O5S/c1-2-33-23-15-20(13-14-22(23)34-18-25(30)31)16-24-26(32)29(17-19-9-5-3-6-10-19)27(35-24)28-21-11-7-4-8-12-21/h3-16H,2,17-18H2,1H3,(H,30,31)/b24-16+,28-27?. The molecule has 1 aliphatic heterocycles. The van der Waals surface area contributed by atoms with E-state index in [4.69, 9.17) is 19.6 Å². The number of para-hydroxylation sites is 1. The molecule has 178 valence electrons. The highest BCUT2D eigenvalue weighted by molar-refractivity contribution is 8.18. The number of benzene rings is 3. The molecular weight excluding hydrogens is 464 g/mol. The van der Waals surface area contributed by atoms with Gasteiger partial charge in [-0.05, 0) is 60.2 Å². The highest BCUT2D eigenvalue weighted by Crippen LogP contribution is 2.36. The van der Waals surface area contributed by atoms with Crippen LogP contribution in [0.4, 0.5) is 5.69 Å². The fourth-order valence-electron chi connectivity index (χ4n) is 3.40. The molecule has 0 atom stereocenters. The molecule has 1 heterocycles. The number of nitrogens with zero attached hydrogens (tertiary/aromatic N) is 2. The molecule has 1 aliphatic rings. The van der Waals surface area contributed by atoms with Gasteiger partial charge in [0.25, 0.3) is 5.91 Å². The van der Waals surface area contributed by atoms with Crippen LogP contribution in [-0.2, 0) is 16.1 Å². The molecule has 3 aromatic rings. The normalized spacial score (nSPS) is 15.6. The molecule has 0 aliphatic carbocycles. The summed E-state index contributed by atoms with van der Waals surface area (Å²) in [5, 5.41) is 9.50. The number of rotatable bonds is 9. The van der Waals surface area contributed by atoms with Crippen molar-refractivity contribution >= 4 is 40.6 Å². The van der Waals surface area contributed by atoms with Crippen LogP contribution in [0, 0.1) is 0 Å². The summed E-state index contributed by atoms with van der Waals surface area (Å²) < 4.78 is 10.9. The molecule has 3 aromatic carbocycles.